The Morgan fingerprint density at radius 1 is 1.08 bits per heavy atom. The topological polar surface area (TPSA) is 69.6 Å². The Balaban J connectivity index is 2.32. The molecule has 0 bridgehead atoms. The van der Waals surface area contributed by atoms with E-state index in [1.165, 1.54) is 6.07 Å². The number of carbonyl (C=O) groups excluding carboxylic acids is 1. The van der Waals surface area contributed by atoms with Crippen LogP contribution in [0.4, 0.5) is 11.4 Å². The average Bonchev–Trinajstić information content (AvgIpc) is 2.62. The molecule has 0 aliphatic rings. The van der Waals surface area contributed by atoms with E-state index in [1.54, 1.807) is 48.6 Å². The van der Waals surface area contributed by atoms with Gasteiger partial charge in [-0.1, -0.05) is 28.1 Å². The number of anilines is 2. The molecule has 5 nitrogen and oxygen atoms in total. The fraction of sp³-hybridized carbons (Fsp3) is 0.100. The lowest BCUT2D eigenvalue weighted by Gasteiger charge is -2.22. The number of benzene rings is 2. The minimum absolute atomic E-state index is 0.0195. The van der Waals surface area contributed by atoms with Crippen LogP contribution in [0.5, 0.6) is 0 Å². The van der Waals surface area contributed by atoms with Crippen molar-refractivity contribution in [2.75, 3.05) is 23.3 Å². The molecule has 1 amide bonds. The molecule has 2 aromatic rings. The molecule has 0 fully saturated rings. The van der Waals surface area contributed by atoms with Gasteiger partial charge in [-0.15, -0.1) is 13.2 Å². The maximum absolute atomic E-state index is 12.4. The van der Waals surface area contributed by atoms with E-state index in [9.17, 15) is 14.7 Å². The molecule has 0 atom stereocenters. The summed E-state index contributed by atoms with van der Waals surface area (Å²) in [5.41, 5.74) is 1.41. The predicted octanol–water partition coefficient (Wildman–Crippen LogP) is 4.58. The summed E-state index contributed by atoms with van der Waals surface area (Å²) < 4.78 is 0.856. The van der Waals surface area contributed by atoms with Crippen LogP contribution in [0, 0.1) is 0 Å². The van der Waals surface area contributed by atoms with E-state index in [1.807, 2.05) is 4.90 Å². The van der Waals surface area contributed by atoms with Gasteiger partial charge in [0.15, 0.2) is 0 Å². The summed E-state index contributed by atoms with van der Waals surface area (Å²) in [6.45, 7) is 8.52. The Morgan fingerprint density at radius 2 is 1.69 bits per heavy atom. The molecule has 0 aromatic heterocycles. The van der Waals surface area contributed by atoms with E-state index in [0.29, 0.717) is 24.3 Å². The first-order valence-electron chi connectivity index (χ1n) is 7.87. The Morgan fingerprint density at radius 3 is 2.23 bits per heavy atom. The number of carbonyl (C=O) groups is 2. The molecule has 134 valence electrons. The van der Waals surface area contributed by atoms with E-state index in [2.05, 4.69) is 34.4 Å². The molecule has 26 heavy (non-hydrogen) atoms. The number of carboxylic acids is 1. The summed E-state index contributed by atoms with van der Waals surface area (Å²) in [4.78, 5) is 25.9. The molecular formula is C20H19BrN2O3. The van der Waals surface area contributed by atoms with Crippen LogP contribution in [0.2, 0.25) is 0 Å². The third-order valence-electron chi connectivity index (χ3n) is 3.65. The molecule has 0 saturated carbocycles. The Kier molecular flexibility index (Phi) is 6.74. The second kappa shape index (κ2) is 9.01. The zero-order chi connectivity index (χ0) is 19.1. The number of halogens is 1. The van der Waals surface area contributed by atoms with E-state index in [4.69, 9.17) is 0 Å². The van der Waals surface area contributed by atoms with Gasteiger partial charge >= 0.3 is 5.97 Å². The first-order chi connectivity index (χ1) is 12.5. The van der Waals surface area contributed by atoms with Crippen LogP contribution in [0.1, 0.15) is 20.7 Å². The number of hydrogen-bond donors (Lipinski definition) is 2. The lowest BCUT2D eigenvalue weighted by molar-refractivity contribution is 0.0698. The molecule has 0 saturated heterocycles. The van der Waals surface area contributed by atoms with Crippen LogP contribution in [0.3, 0.4) is 0 Å². The van der Waals surface area contributed by atoms with Gasteiger partial charge in [0.1, 0.15) is 0 Å². The minimum Gasteiger partial charge on any atom is -0.478 e. The zero-order valence-corrected chi connectivity index (χ0v) is 15.7. The molecule has 0 unspecified atom stereocenters. The van der Waals surface area contributed by atoms with Gasteiger partial charge in [-0.05, 0) is 42.5 Å². The van der Waals surface area contributed by atoms with Gasteiger partial charge in [0.05, 0.1) is 11.3 Å². The van der Waals surface area contributed by atoms with Crippen molar-refractivity contribution in [3.63, 3.8) is 0 Å². The second-order valence-electron chi connectivity index (χ2n) is 5.48. The number of rotatable bonds is 8. The number of carboxylic acid groups (broad SMARTS) is 1. The molecule has 0 aliphatic heterocycles. The van der Waals surface area contributed by atoms with Crippen LogP contribution < -0.4 is 10.2 Å². The summed E-state index contributed by atoms with van der Waals surface area (Å²) in [5.74, 6) is -1.49. The molecular weight excluding hydrogens is 396 g/mol. The third-order valence-corrected chi connectivity index (χ3v) is 4.18. The van der Waals surface area contributed by atoms with E-state index < -0.39 is 5.97 Å². The summed E-state index contributed by atoms with van der Waals surface area (Å²) in [5, 5.41) is 12.2. The smallest absolute Gasteiger partial charge is 0.337 e. The van der Waals surface area contributed by atoms with Gasteiger partial charge in [0.25, 0.3) is 5.91 Å². The predicted molar refractivity (Wildman–Crippen MR) is 108 cm³/mol. The van der Waals surface area contributed by atoms with Gasteiger partial charge < -0.3 is 15.3 Å². The summed E-state index contributed by atoms with van der Waals surface area (Å²) in [7, 11) is 0. The zero-order valence-electron chi connectivity index (χ0n) is 14.1. The maximum Gasteiger partial charge on any atom is 0.337 e. The Hall–Kier alpha value is -2.86. The third kappa shape index (κ3) is 4.83. The van der Waals surface area contributed by atoms with E-state index in [-0.39, 0.29) is 17.2 Å². The monoisotopic (exact) mass is 414 g/mol. The average molecular weight is 415 g/mol. The van der Waals surface area contributed by atoms with Crippen LogP contribution in [0.15, 0.2) is 72.2 Å². The van der Waals surface area contributed by atoms with Crippen molar-refractivity contribution in [1.82, 2.24) is 0 Å². The quantitative estimate of drug-likeness (QED) is 0.620. The van der Waals surface area contributed by atoms with E-state index >= 15 is 0 Å². The molecule has 6 heteroatoms. The van der Waals surface area contributed by atoms with Gasteiger partial charge in [-0.3, -0.25) is 4.79 Å². The van der Waals surface area contributed by atoms with Crippen molar-refractivity contribution in [3.8, 4) is 0 Å². The normalized spacial score (nSPS) is 10.0. The lowest BCUT2D eigenvalue weighted by atomic mass is 10.1. The Labute approximate surface area is 160 Å². The van der Waals surface area contributed by atoms with Gasteiger partial charge in [0, 0.05) is 28.8 Å². The van der Waals surface area contributed by atoms with Crippen LogP contribution in [0.25, 0.3) is 0 Å². The Bertz CT molecular complexity index is 821. The second-order valence-corrected chi connectivity index (χ2v) is 6.39. The van der Waals surface area contributed by atoms with Crippen molar-refractivity contribution in [2.45, 2.75) is 0 Å². The summed E-state index contributed by atoms with van der Waals surface area (Å²) >= 11 is 3.31. The van der Waals surface area contributed by atoms with Crippen molar-refractivity contribution < 1.29 is 14.7 Å². The number of amides is 1. The molecule has 0 radical (unpaired) electrons. The lowest BCUT2D eigenvalue weighted by Crippen LogP contribution is -2.23. The highest BCUT2D eigenvalue weighted by atomic mass is 79.9. The van der Waals surface area contributed by atoms with E-state index in [0.717, 1.165) is 4.47 Å². The number of nitrogens with zero attached hydrogens (tertiary/aromatic N) is 1. The fourth-order valence-corrected chi connectivity index (χ4v) is 2.67. The standard InChI is InChI=1S/C20H19BrN2O3/c1-3-11-23(12-4-2)16-9-10-18(17(13-16)20(25)26)22-19(24)14-5-7-15(21)8-6-14/h3-10,13H,1-2,11-12H2,(H,22,24)(H,25,26). The molecule has 0 spiro atoms. The van der Waals surface area contributed by atoms with Gasteiger partial charge in [-0.25, -0.2) is 4.79 Å². The number of aromatic carboxylic acids is 1. The van der Waals surface area contributed by atoms with Crippen LogP contribution in [-0.4, -0.2) is 30.1 Å². The highest BCUT2D eigenvalue weighted by Crippen LogP contribution is 2.24. The van der Waals surface area contributed by atoms with Crippen molar-refractivity contribution in [2.24, 2.45) is 0 Å². The summed E-state index contributed by atoms with van der Waals surface area (Å²) in [6.07, 6.45) is 3.46. The van der Waals surface area contributed by atoms with Crippen molar-refractivity contribution in [1.29, 1.82) is 0 Å². The van der Waals surface area contributed by atoms with Gasteiger partial charge in [-0.2, -0.15) is 0 Å². The molecule has 2 rings (SSSR count). The summed E-state index contributed by atoms with van der Waals surface area (Å²) in [6, 6.07) is 11.7. The molecule has 0 heterocycles. The SMILES string of the molecule is C=CCN(CC=C)c1ccc(NC(=O)c2ccc(Br)cc2)c(C(=O)O)c1. The maximum atomic E-state index is 12.4. The minimum atomic E-state index is -1.12. The highest BCUT2D eigenvalue weighted by molar-refractivity contribution is 9.10. The van der Waals surface area contributed by atoms with Gasteiger partial charge in [0.2, 0.25) is 0 Å². The first kappa shape index (κ1) is 19.5. The van der Waals surface area contributed by atoms with Crippen molar-refractivity contribution in [3.05, 3.63) is 83.4 Å². The number of nitrogens with one attached hydrogen (secondary N) is 1. The fourth-order valence-electron chi connectivity index (χ4n) is 2.41. The van der Waals surface area contributed by atoms with Crippen LogP contribution in [-0.2, 0) is 0 Å². The van der Waals surface area contributed by atoms with Crippen LogP contribution >= 0.6 is 15.9 Å². The largest absolute Gasteiger partial charge is 0.478 e. The first-order valence-corrected chi connectivity index (χ1v) is 8.66. The van der Waals surface area contributed by atoms with Crippen molar-refractivity contribution >= 4 is 39.2 Å². The highest BCUT2D eigenvalue weighted by Gasteiger charge is 2.16. The molecule has 0 aliphatic carbocycles. The molecule has 2 N–H and O–H groups in total. The molecule has 2 aromatic carbocycles. The number of hydrogen-bond acceptors (Lipinski definition) is 3.